The fraction of sp³-hybridized carbons (Fsp3) is 0. The van der Waals surface area contributed by atoms with Gasteiger partial charge in [0.15, 0.2) is 0 Å². The van der Waals surface area contributed by atoms with E-state index >= 15 is 0 Å². The van der Waals surface area contributed by atoms with Gasteiger partial charge in [-0.2, -0.15) is 0 Å². The molecule has 1 aromatic rings. The second kappa shape index (κ2) is 7.70. The van der Waals surface area contributed by atoms with E-state index in [9.17, 15) is 4.79 Å². The number of hydrogen-bond acceptors (Lipinski definition) is 1. The van der Waals surface area contributed by atoms with Crippen molar-refractivity contribution in [1.82, 2.24) is 0 Å². The first-order valence-electron chi connectivity index (χ1n) is 3.57. The van der Waals surface area contributed by atoms with Crippen LogP contribution in [-0.4, -0.2) is 60.0 Å². The van der Waals surface area contributed by atoms with Crippen LogP contribution in [0.2, 0.25) is 0 Å². The Morgan fingerprint density at radius 2 is 1.83 bits per heavy atom. The quantitative estimate of drug-likeness (QED) is 0.681. The smallest absolute Gasteiger partial charge is 0.335 e. The van der Waals surface area contributed by atoms with E-state index in [2.05, 4.69) is 6.58 Å². The van der Waals surface area contributed by atoms with Crippen molar-refractivity contribution in [2.24, 2.45) is 0 Å². The molecule has 0 amide bonds. The second-order valence-electron chi connectivity index (χ2n) is 2.08. The summed E-state index contributed by atoms with van der Waals surface area (Å²) in [7, 11) is 0. The largest absolute Gasteiger partial charge is 0.478 e. The maximum Gasteiger partial charge on any atom is 0.335 e. The van der Waals surface area contributed by atoms with Gasteiger partial charge in [0.2, 0.25) is 0 Å². The van der Waals surface area contributed by atoms with Crippen LogP contribution in [0.15, 0.2) is 37.1 Å². The van der Waals surface area contributed by atoms with Crippen molar-refractivity contribution in [2.45, 2.75) is 0 Å². The molecule has 0 unspecified atom stereocenters. The number of carboxylic acid groups (broad SMARTS) is 1. The summed E-state index contributed by atoms with van der Waals surface area (Å²) in [6, 6.07) is 8.30. The summed E-state index contributed by atoms with van der Waals surface area (Å²) < 4.78 is 1.94. The van der Waals surface area contributed by atoms with Crippen molar-refractivity contribution in [3.8, 4) is 0 Å². The topological polar surface area (TPSA) is 37.3 Å². The van der Waals surface area contributed by atoms with Gasteiger partial charge in [-0.25, -0.2) is 4.79 Å². The van der Waals surface area contributed by atoms with Gasteiger partial charge in [-0.15, -0.1) is 0 Å². The van der Waals surface area contributed by atoms with Crippen LogP contribution in [0.1, 0.15) is 10.4 Å². The van der Waals surface area contributed by atoms with E-state index < -0.39 is 5.97 Å². The molecule has 0 radical (unpaired) electrons. The van der Waals surface area contributed by atoms with Gasteiger partial charge in [0.05, 0.1) is 5.56 Å². The third-order valence-electron chi connectivity index (χ3n) is 1.02. The van der Waals surface area contributed by atoms with Crippen molar-refractivity contribution < 1.29 is 9.90 Å². The van der Waals surface area contributed by atoms with Gasteiger partial charge in [-0.3, -0.25) is 0 Å². The zero-order chi connectivity index (χ0) is 9.40. The molecule has 0 aliphatic rings. The normalized spacial score (nSPS) is 7.83. The molecule has 0 heterocycles. The molecule has 1 rings (SSSR count). The Labute approximate surface area is 106 Å². The number of benzene rings is 1. The Morgan fingerprint density at radius 3 is 2.08 bits per heavy atom. The molecule has 0 spiro atoms. The van der Waals surface area contributed by atoms with Crippen LogP contribution in [0.3, 0.4) is 0 Å². The van der Waals surface area contributed by atoms with Crippen LogP contribution in [0.4, 0.5) is 0 Å². The Balaban J connectivity index is 0.000000354. The molecule has 0 aromatic heterocycles. The molecule has 1 aromatic carbocycles. The van der Waals surface area contributed by atoms with Crippen molar-refractivity contribution in [3.63, 3.8) is 0 Å². The first kappa shape index (κ1) is 12.1. The molecular formula is C9H9KO2. The predicted molar refractivity (Wildman–Crippen MR) is 49.4 cm³/mol. The number of rotatable bonds is 1. The first-order valence-corrected chi connectivity index (χ1v) is 5.38. The van der Waals surface area contributed by atoms with Crippen LogP contribution < -0.4 is 0 Å². The molecule has 1 N–H and O–H groups in total. The number of carboxylic acids is 1. The molecule has 0 aliphatic heterocycles. The summed E-state index contributed by atoms with van der Waals surface area (Å²) in [6.07, 6.45) is 0. The van der Waals surface area contributed by atoms with Crippen LogP contribution in [0.25, 0.3) is 0 Å². The van der Waals surface area contributed by atoms with Gasteiger partial charge in [-0.05, 0) is 12.1 Å². The van der Waals surface area contributed by atoms with Crippen LogP contribution in [-0.2, 0) is 0 Å². The molecule has 0 saturated heterocycles. The molecule has 3 heteroatoms. The Kier molecular flexibility index (Phi) is 7.74. The van der Waals surface area contributed by atoms with Gasteiger partial charge in [-0.1, -0.05) is 18.2 Å². The molecule has 0 fully saturated rings. The Hall–Kier alpha value is 0.0664. The monoisotopic (exact) mass is 188 g/mol. The summed E-state index contributed by atoms with van der Waals surface area (Å²) in [5.74, 6) is -0.879. The second-order valence-corrected chi connectivity index (χ2v) is 3.35. The van der Waals surface area contributed by atoms with Gasteiger partial charge in [0, 0.05) is 0 Å². The summed E-state index contributed by atoms with van der Waals surface area (Å²) in [5.41, 5.74) is 0.331. The summed E-state index contributed by atoms with van der Waals surface area (Å²) in [6.45, 7) is 3.44. The van der Waals surface area contributed by atoms with Gasteiger partial charge < -0.3 is 5.11 Å². The summed E-state index contributed by atoms with van der Waals surface area (Å²) in [5, 5.41) is 8.38. The molecule has 0 bridgehead atoms. The average Bonchev–Trinajstić information content (AvgIpc) is 2.07. The molecule has 2 nitrogen and oxygen atoms in total. The third-order valence-corrected chi connectivity index (χ3v) is 1.02. The Morgan fingerprint density at radius 1 is 1.42 bits per heavy atom. The van der Waals surface area contributed by atoms with Crippen LogP contribution in [0.5, 0.6) is 0 Å². The van der Waals surface area contributed by atoms with E-state index in [0.717, 1.165) is 49.0 Å². The van der Waals surface area contributed by atoms with E-state index in [1.165, 1.54) is 0 Å². The molecule has 0 atom stereocenters. The molecule has 58 valence electrons. The molecule has 0 aliphatic carbocycles. The minimum absolute atomic E-state index is 0.331. The van der Waals surface area contributed by atoms with Crippen molar-refractivity contribution in [2.75, 3.05) is 0 Å². The fourth-order valence-electron chi connectivity index (χ4n) is 0.581. The minimum atomic E-state index is -0.879. The Bertz CT molecular complexity index is 244. The molecule has 12 heavy (non-hydrogen) atoms. The first-order chi connectivity index (χ1) is 5.72. The number of aromatic carboxylic acids is 1. The van der Waals surface area contributed by atoms with E-state index in [1.807, 2.05) is 0.171 Å². The zero-order valence-electron chi connectivity index (χ0n) is 7.03. The van der Waals surface area contributed by atoms with Crippen molar-refractivity contribution in [3.05, 3.63) is 42.6 Å². The zero-order valence-corrected chi connectivity index (χ0v) is 10.1. The third kappa shape index (κ3) is 5.68. The minimum Gasteiger partial charge on any atom is -0.478 e. The van der Waals surface area contributed by atoms with Gasteiger partial charge in [0.25, 0.3) is 0 Å². The van der Waals surface area contributed by atoms with E-state index in [1.54, 1.807) is 30.3 Å². The predicted octanol–water partition coefficient (Wildman–Crippen LogP) is 1.68. The van der Waals surface area contributed by atoms with E-state index in [4.69, 9.17) is 5.11 Å². The van der Waals surface area contributed by atoms with Gasteiger partial charge >= 0.3 is 61.7 Å². The molecular weight excluding hydrogens is 179 g/mol. The van der Waals surface area contributed by atoms with E-state index in [-0.39, 0.29) is 0 Å². The summed E-state index contributed by atoms with van der Waals surface area (Å²) >= 11 is 0.868. The average molecular weight is 188 g/mol. The molecule has 0 saturated carbocycles. The SMILES string of the molecule is C=[CH][K].O=C(O)c1ccccc1. The van der Waals surface area contributed by atoms with Gasteiger partial charge in [0.1, 0.15) is 0 Å². The summed E-state index contributed by atoms with van der Waals surface area (Å²) in [4.78, 5) is 10.2. The van der Waals surface area contributed by atoms with Crippen molar-refractivity contribution in [1.29, 1.82) is 0 Å². The van der Waals surface area contributed by atoms with E-state index in [0.29, 0.717) is 5.56 Å². The standard InChI is InChI=1S/C7H6O2.C2H3.K/c8-7(9)6-4-2-1-3-5-6;1-2;/h1-5H,(H,8,9);1H,2H2;. The number of hydrogen-bond donors (Lipinski definition) is 1. The van der Waals surface area contributed by atoms with Crippen molar-refractivity contribution >= 4 is 54.9 Å². The van der Waals surface area contributed by atoms with Crippen LogP contribution >= 0.6 is 0 Å². The number of carbonyl (C=O) groups is 1. The fourth-order valence-corrected chi connectivity index (χ4v) is 0.581. The maximum absolute atomic E-state index is 10.2. The van der Waals surface area contributed by atoms with Crippen LogP contribution in [0, 0.1) is 0 Å². The maximum atomic E-state index is 10.2.